The Morgan fingerprint density at radius 2 is 2.04 bits per heavy atom. The van der Waals surface area contributed by atoms with Gasteiger partial charge >= 0.3 is 0 Å². The molecule has 1 fully saturated rings. The quantitative estimate of drug-likeness (QED) is 0.758. The van der Waals surface area contributed by atoms with E-state index in [0.717, 1.165) is 36.0 Å². The van der Waals surface area contributed by atoms with Crippen LogP contribution in [0.25, 0.3) is 10.9 Å². The van der Waals surface area contributed by atoms with Crippen LogP contribution < -0.4 is 5.32 Å². The van der Waals surface area contributed by atoms with Gasteiger partial charge in [0.15, 0.2) is 5.78 Å². The van der Waals surface area contributed by atoms with Crippen molar-refractivity contribution in [1.29, 1.82) is 0 Å². The van der Waals surface area contributed by atoms with E-state index in [0.29, 0.717) is 12.2 Å². The molecule has 1 N–H and O–H groups in total. The van der Waals surface area contributed by atoms with Crippen molar-refractivity contribution in [2.24, 2.45) is 0 Å². The smallest absolute Gasteiger partial charge is 0.240 e. The van der Waals surface area contributed by atoms with Crippen LogP contribution in [-0.4, -0.2) is 60.0 Å². The molecule has 1 aromatic carbocycles. The number of nitrogens with one attached hydrogen (secondary N) is 1. The zero-order valence-electron chi connectivity index (χ0n) is 16.6. The first-order valence-corrected chi connectivity index (χ1v) is 9.65. The lowest BCUT2D eigenvalue weighted by Crippen LogP contribution is -2.45. The number of nitrogens with zero attached hydrogens (tertiary/aromatic N) is 2. The minimum absolute atomic E-state index is 0.0119. The summed E-state index contributed by atoms with van der Waals surface area (Å²) in [7, 11) is 2.03. The number of rotatable bonds is 7. The van der Waals surface area contributed by atoms with Crippen molar-refractivity contribution < 1.29 is 14.3 Å². The number of carbonyl (C=O) groups excluding carboxylic acids is 2. The summed E-state index contributed by atoms with van der Waals surface area (Å²) in [5.74, 6) is -0.0425. The van der Waals surface area contributed by atoms with Crippen LogP contribution >= 0.6 is 0 Å². The zero-order chi connectivity index (χ0) is 19.6. The Bertz CT molecular complexity index is 843. The molecule has 1 aliphatic heterocycles. The lowest BCUT2D eigenvalue weighted by atomic mass is 10.1. The number of para-hydroxylation sites is 1. The third-order valence-electron chi connectivity index (χ3n) is 5.23. The van der Waals surface area contributed by atoms with Crippen LogP contribution in [0.1, 0.15) is 36.7 Å². The van der Waals surface area contributed by atoms with E-state index < -0.39 is 0 Å². The van der Waals surface area contributed by atoms with E-state index in [1.807, 2.05) is 36.9 Å². The van der Waals surface area contributed by atoms with Gasteiger partial charge in [-0.3, -0.25) is 9.59 Å². The van der Waals surface area contributed by atoms with Gasteiger partial charge in [-0.1, -0.05) is 25.1 Å². The van der Waals surface area contributed by atoms with E-state index in [1.165, 1.54) is 0 Å². The highest BCUT2D eigenvalue weighted by Gasteiger charge is 2.32. The standard InChI is InChI=1S/C21H29N3O3/c1-5-15-8-7-9-16-17(14(3)25)10-24(21(15)16)13-20(26)22-18-11-23(4)12-19(18)27-6-2/h7-10,18-19H,5-6,11-13H2,1-4H3,(H,22,26)/t18-,19-/m0/s1. The number of aromatic nitrogens is 1. The molecule has 0 bridgehead atoms. The molecule has 0 saturated carbocycles. The normalized spacial score (nSPS) is 20.3. The van der Waals surface area contributed by atoms with E-state index in [-0.39, 0.29) is 30.4 Å². The molecule has 1 aliphatic rings. The maximum atomic E-state index is 12.8. The summed E-state index contributed by atoms with van der Waals surface area (Å²) in [6.45, 7) is 8.05. The van der Waals surface area contributed by atoms with E-state index in [1.54, 1.807) is 6.92 Å². The molecule has 2 aromatic rings. The van der Waals surface area contributed by atoms with E-state index in [2.05, 4.69) is 23.2 Å². The van der Waals surface area contributed by atoms with Gasteiger partial charge in [0.05, 0.1) is 17.7 Å². The predicted molar refractivity (Wildman–Crippen MR) is 106 cm³/mol. The highest BCUT2D eigenvalue weighted by atomic mass is 16.5. The molecular formula is C21H29N3O3. The molecule has 0 radical (unpaired) electrons. The molecule has 2 atom stereocenters. The van der Waals surface area contributed by atoms with Crippen molar-refractivity contribution in [3.63, 3.8) is 0 Å². The van der Waals surface area contributed by atoms with Gasteiger partial charge < -0.3 is 19.5 Å². The largest absolute Gasteiger partial charge is 0.375 e. The van der Waals surface area contributed by atoms with Crippen molar-refractivity contribution in [3.05, 3.63) is 35.5 Å². The monoisotopic (exact) mass is 371 g/mol. The predicted octanol–water partition coefficient (Wildman–Crippen LogP) is 2.24. The number of aryl methyl sites for hydroxylation is 1. The molecule has 6 nitrogen and oxygen atoms in total. The molecule has 0 aliphatic carbocycles. The van der Waals surface area contributed by atoms with Crippen molar-refractivity contribution >= 4 is 22.6 Å². The van der Waals surface area contributed by atoms with Gasteiger partial charge in [0.1, 0.15) is 6.54 Å². The van der Waals surface area contributed by atoms with Crippen molar-refractivity contribution in [1.82, 2.24) is 14.8 Å². The Morgan fingerprint density at radius 3 is 2.70 bits per heavy atom. The van der Waals surface area contributed by atoms with Crippen molar-refractivity contribution in [2.75, 3.05) is 26.7 Å². The minimum Gasteiger partial charge on any atom is -0.375 e. The maximum Gasteiger partial charge on any atom is 0.240 e. The summed E-state index contributed by atoms with van der Waals surface area (Å²) in [4.78, 5) is 27.0. The summed E-state index contributed by atoms with van der Waals surface area (Å²) in [6.07, 6.45) is 2.68. The number of ether oxygens (including phenoxy) is 1. The number of likely N-dealkylation sites (N-methyl/N-ethyl adjacent to an activating group) is 1. The number of benzene rings is 1. The van der Waals surface area contributed by atoms with E-state index in [4.69, 9.17) is 4.74 Å². The average Bonchev–Trinajstić information content (AvgIpc) is 3.16. The number of hydrogen-bond acceptors (Lipinski definition) is 4. The van der Waals surface area contributed by atoms with Crippen LogP contribution in [-0.2, 0) is 22.5 Å². The number of carbonyl (C=O) groups is 2. The van der Waals surface area contributed by atoms with E-state index in [9.17, 15) is 9.59 Å². The number of hydrogen-bond donors (Lipinski definition) is 1. The summed E-state index contributed by atoms with van der Waals surface area (Å²) >= 11 is 0. The molecule has 1 saturated heterocycles. The SMILES string of the molecule is CCO[C@H]1CN(C)C[C@@H]1NC(=O)Cn1cc(C(C)=O)c2cccc(CC)c21. The maximum absolute atomic E-state index is 12.8. The third-order valence-corrected chi connectivity index (χ3v) is 5.23. The number of likely N-dealkylation sites (tertiary alicyclic amines) is 1. The molecular weight excluding hydrogens is 342 g/mol. The van der Waals surface area contributed by atoms with Gasteiger partial charge in [-0.15, -0.1) is 0 Å². The molecule has 3 rings (SSSR count). The fraction of sp³-hybridized carbons (Fsp3) is 0.524. The minimum atomic E-state index is -0.0575. The summed E-state index contributed by atoms with van der Waals surface area (Å²) in [6, 6.07) is 5.97. The molecule has 0 spiro atoms. The Labute approximate surface area is 160 Å². The fourth-order valence-electron chi connectivity index (χ4n) is 4.02. The number of amides is 1. The van der Waals surface area contributed by atoms with Crippen LogP contribution in [0.2, 0.25) is 0 Å². The van der Waals surface area contributed by atoms with Crippen molar-refractivity contribution in [2.45, 2.75) is 45.9 Å². The number of Topliss-reactive ketones (excluding diaryl/α,β-unsaturated/α-hetero) is 1. The second kappa shape index (κ2) is 8.23. The molecule has 6 heteroatoms. The summed E-state index contributed by atoms with van der Waals surface area (Å²) in [5.41, 5.74) is 2.78. The highest BCUT2D eigenvalue weighted by Crippen LogP contribution is 2.26. The van der Waals surface area contributed by atoms with E-state index >= 15 is 0 Å². The summed E-state index contributed by atoms with van der Waals surface area (Å²) in [5, 5.41) is 4.04. The van der Waals surface area contributed by atoms with Gasteiger partial charge in [-0.05, 0) is 32.9 Å². The Morgan fingerprint density at radius 1 is 1.26 bits per heavy atom. The third kappa shape index (κ3) is 4.06. The molecule has 1 amide bonds. The van der Waals surface area contributed by atoms with Crippen LogP contribution in [0.3, 0.4) is 0 Å². The first-order chi connectivity index (χ1) is 12.9. The fourth-order valence-corrected chi connectivity index (χ4v) is 4.02. The zero-order valence-corrected chi connectivity index (χ0v) is 16.6. The van der Waals surface area contributed by atoms with Crippen LogP contribution in [0, 0.1) is 0 Å². The average molecular weight is 371 g/mol. The molecule has 1 aromatic heterocycles. The Kier molecular flexibility index (Phi) is 5.97. The summed E-state index contributed by atoms with van der Waals surface area (Å²) < 4.78 is 7.68. The van der Waals surface area contributed by atoms with Crippen LogP contribution in [0.4, 0.5) is 0 Å². The lowest BCUT2D eigenvalue weighted by molar-refractivity contribution is -0.123. The Balaban J connectivity index is 1.83. The first kappa shape index (κ1) is 19.6. The highest BCUT2D eigenvalue weighted by molar-refractivity contribution is 6.07. The van der Waals surface area contributed by atoms with Crippen molar-refractivity contribution in [3.8, 4) is 0 Å². The molecule has 27 heavy (non-hydrogen) atoms. The second-order valence-corrected chi connectivity index (χ2v) is 7.28. The first-order valence-electron chi connectivity index (χ1n) is 9.65. The lowest BCUT2D eigenvalue weighted by Gasteiger charge is -2.20. The van der Waals surface area contributed by atoms with Gasteiger partial charge in [0.2, 0.25) is 5.91 Å². The topological polar surface area (TPSA) is 63.6 Å². The van der Waals surface area contributed by atoms with Gasteiger partial charge in [0.25, 0.3) is 0 Å². The second-order valence-electron chi connectivity index (χ2n) is 7.28. The van der Waals surface area contributed by atoms with Gasteiger partial charge in [-0.2, -0.15) is 0 Å². The molecule has 146 valence electrons. The molecule has 2 heterocycles. The number of ketones is 1. The van der Waals surface area contributed by atoms with Gasteiger partial charge in [0, 0.05) is 36.8 Å². The number of fused-ring (bicyclic) bond motifs is 1. The van der Waals surface area contributed by atoms with Crippen LogP contribution in [0.5, 0.6) is 0 Å². The van der Waals surface area contributed by atoms with Crippen LogP contribution in [0.15, 0.2) is 24.4 Å². The Hall–Kier alpha value is -2.18. The molecule has 0 unspecified atom stereocenters. The van der Waals surface area contributed by atoms with Gasteiger partial charge in [-0.25, -0.2) is 0 Å².